The van der Waals surface area contributed by atoms with Gasteiger partial charge >= 0.3 is 0 Å². The first kappa shape index (κ1) is 28.6. The predicted octanol–water partition coefficient (Wildman–Crippen LogP) is 3.80. The number of rotatable bonds is 12. The number of amides is 2. The first-order valence-electron chi connectivity index (χ1n) is 11.4. The third kappa shape index (κ3) is 8.54. The van der Waals surface area contributed by atoms with Gasteiger partial charge in [0.2, 0.25) is 21.8 Å². The lowest BCUT2D eigenvalue weighted by atomic mass is 10.1. The summed E-state index contributed by atoms with van der Waals surface area (Å²) in [5, 5.41) is 2.90. The maximum absolute atomic E-state index is 13.6. The van der Waals surface area contributed by atoms with Crippen LogP contribution >= 0.6 is 15.9 Å². The molecule has 192 valence electrons. The van der Waals surface area contributed by atoms with Gasteiger partial charge in [0, 0.05) is 17.6 Å². The van der Waals surface area contributed by atoms with Gasteiger partial charge < -0.3 is 15.0 Å². The summed E-state index contributed by atoms with van der Waals surface area (Å²) in [7, 11) is -2.21. The van der Waals surface area contributed by atoms with Crippen molar-refractivity contribution in [3.05, 3.63) is 58.6 Å². The minimum atomic E-state index is -3.77. The van der Waals surface area contributed by atoms with Gasteiger partial charge in [-0.25, -0.2) is 8.42 Å². The molecular weight excluding hydrogens is 534 g/mol. The molecule has 2 aromatic carbocycles. The largest absolute Gasteiger partial charge is 0.497 e. The van der Waals surface area contributed by atoms with Crippen LogP contribution in [0.15, 0.2) is 53.0 Å². The molecule has 1 unspecified atom stereocenters. The normalized spacial score (nSPS) is 12.2. The first-order valence-corrected chi connectivity index (χ1v) is 14.0. The van der Waals surface area contributed by atoms with Gasteiger partial charge in [0.05, 0.1) is 19.1 Å². The van der Waals surface area contributed by atoms with Crippen molar-refractivity contribution in [3.8, 4) is 5.75 Å². The molecule has 0 spiro atoms. The molecule has 0 aliphatic carbocycles. The Labute approximate surface area is 216 Å². The van der Waals surface area contributed by atoms with E-state index in [9.17, 15) is 18.0 Å². The van der Waals surface area contributed by atoms with Crippen molar-refractivity contribution >= 4 is 43.5 Å². The number of anilines is 1. The zero-order chi connectivity index (χ0) is 26.2. The number of hydrogen-bond acceptors (Lipinski definition) is 5. The van der Waals surface area contributed by atoms with Crippen molar-refractivity contribution < 1.29 is 22.7 Å². The van der Waals surface area contributed by atoms with Crippen molar-refractivity contribution in [2.24, 2.45) is 5.92 Å². The molecule has 0 saturated carbocycles. The quantitative estimate of drug-likeness (QED) is 0.420. The van der Waals surface area contributed by atoms with Crippen molar-refractivity contribution in [3.63, 3.8) is 0 Å². The van der Waals surface area contributed by atoms with Crippen LogP contribution in [-0.2, 0) is 26.2 Å². The molecule has 1 N–H and O–H groups in total. The summed E-state index contributed by atoms with van der Waals surface area (Å²) in [5.74, 6) is 0.122. The summed E-state index contributed by atoms with van der Waals surface area (Å²) in [6.07, 6.45) is 1.43. The van der Waals surface area contributed by atoms with Gasteiger partial charge in [0.15, 0.2) is 0 Å². The van der Waals surface area contributed by atoms with Crippen molar-refractivity contribution in [1.82, 2.24) is 10.2 Å². The molecule has 0 saturated heterocycles. The molecule has 1 atom stereocenters. The Morgan fingerprint density at radius 2 is 1.77 bits per heavy atom. The average molecular weight is 569 g/mol. The number of nitrogens with one attached hydrogen (secondary N) is 1. The van der Waals surface area contributed by atoms with Gasteiger partial charge in [-0.1, -0.05) is 48.8 Å². The standard InChI is InChI=1S/C25H34BrN3O5S/c1-6-23(25(31)27-15-18(2)3)28(16-19-8-7-9-22(14-19)34-4)24(30)17-29(35(5,32)33)21-12-10-20(26)11-13-21/h7-14,18,23H,6,15-17H2,1-5H3,(H,27,31). The Hall–Kier alpha value is -2.59. The van der Waals surface area contributed by atoms with E-state index in [1.807, 2.05) is 26.8 Å². The van der Waals surface area contributed by atoms with Crippen molar-refractivity contribution in [2.75, 3.05) is 30.8 Å². The Kier molecular flexibility index (Phi) is 10.6. The lowest BCUT2D eigenvalue weighted by Gasteiger charge is -2.33. The molecule has 0 bridgehead atoms. The summed E-state index contributed by atoms with van der Waals surface area (Å²) >= 11 is 3.34. The van der Waals surface area contributed by atoms with E-state index in [0.717, 1.165) is 20.6 Å². The fourth-order valence-electron chi connectivity index (χ4n) is 3.53. The van der Waals surface area contributed by atoms with Crippen LogP contribution in [0.3, 0.4) is 0 Å². The number of nitrogens with zero attached hydrogens (tertiary/aromatic N) is 2. The number of carbonyl (C=O) groups is 2. The number of sulfonamides is 1. The van der Waals surface area contributed by atoms with Crippen LogP contribution < -0.4 is 14.4 Å². The molecular formula is C25H34BrN3O5S. The zero-order valence-corrected chi connectivity index (χ0v) is 23.2. The van der Waals surface area contributed by atoms with Crippen LogP contribution in [-0.4, -0.2) is 57.6 Å². The number of halogens is 1. The fourth-order valence-corrected chi connectivity index (χ4v) is 4.64. The molecule has 2 rings (SSSR count). The Morgan fingerprint density at radius 1 is 1.11 bits per heavy atom. The van der Waals surface area contributed by atoms with E-state index in [-0.39, 0.29) is 18.4 Å². The van der Waals surface area contributed by atoms with E-state index >= 15 is 0 Å². The van der Waals surface area contributed by atoms with Crippen LogP contribution in [0.25, 0.3) is 0 Å². The molecule has 8 nitrogen and oxygen atoms in total. The number of hydrogen-bond donors (Lipinski definition) is 1. The molecule has 0 aliphatic rings. The van der Waals surface area contributed by atoms with E-state index in [1.165, 1.54) is 4.90 Å². The summed E-state index contributed by atoms with van der Waals surface area (Å²) in [5.41, 5.74) is 1.13. The zero-order valence-electron chi connectivity index (χ0n) is 20.8. The maximum Gasteiger partial charge on any atom is 0.244 e. The lowest BCUT2D eigenvalue weighted by molar-refractivity contribution is -0.140. The van der Waals surface area contributed by atoms with Crippen LogP contribution in [0, 0.1) is 5.92 Å². The third-order valence-electron chi connectivity index (χ3n) is 5.35. The minimum Gasteiger partial charge on any atom is -0.497 e. The van der Waals surface area contributed by atoms with E-state index in [1.54, 1.807) is 49.6 Å². The lowest BCUT2D eigenvalue weighted by Crippen LogP contribution is -2.52. The van der Waals surface area contributed by atoms with Gasteiger partial charge in [0.1, 0.15) is 18.3 Å². The van der Waals surface area contributed by atoms with Gasteiger partial charge in [-0.15, -0.1) is 0 Å². The summed E-state index contributed by atoms with van der Waals surface area (Å²) in [6.45, 7) is 5.98. The number of ether oxygens (including phenoxy) is 1. The van der Waals surface area contributed by atoms with E-state index in [0.29, 0.717) is 24.4 Å². The maximum atomic E-state index is 13.6. The van der Waals surface area contributed by atoms with Gasteiger partial charge in [-0.05, 0) is 54.3 Å². The van der Waals surface area contributed by atoms with Crippen LogP contribution in [0.4, 0.5) is 5.69 Å². The summed E-state index contributed by atoms with van der Waals surface area (Å²) in [4.78, 5) is 28.1. The summed E-state index contributed by atoms with van der Waals surface area (Å²) < 4.78 is 32.4. The average Bonchev–Trinajstić information content (AvgIpc) is 2.81. The molecule has 2 amide bonds. The van der Waals surface area contributed by atoms with Gasteiger partial charge in [0.25, 0.3) is 0 Å². The highest BCUT2D eigenvalue weighted by Gasteiger charge is 2.31. The molecule has 0 radical (unpaired) electrons. The molecule has 2 aromatic rings. The first-order chi connectivity index (χ1) is 16.5. The van der Waals surface area contributed by atoms with Crippen LogP contribution in [0.1, 0.15) is 32.8 Å². The molecule has 0 fully saturated rings. The smallest absolute Gasteiger partial charge is 0.244 e. The Balaban J connectivity index is 2.42. The second-order valence-electron chi connectivity index (χ2n) is 8.68. The van der Waals surface area contributed by atoms with Gasteiger partial charge in [-0.3, -0.25) is 13.9 Å². The van der Waals surface area contributed by atoms with Crippen molar-refractivity contribution in [1.29, 1.82) is 0 Å². The number of carbonyl (C=O) groups excluding carboxylic acids is 2. The second kappa shape index (κ2) is 12.9. The van der Waals surface area contributed by atoms with Crippen LogP contribution in [0.2, 0.25) is 0 Å². The molecule has 10 heteroatoms. The third-order valence-corrected chi connectivity index (χ3v) is 7.02. The van der Waals surface area contributed by atoms with Gasteiger partial charge in [-0.2, -0.15) is 0 Å². The summed E-state index contributed by atoms with van der Waals surface area (Å²) in [6, 6.07) is 13.1. The highest BCUT2D eigenvalue weighted by molar-refractivity contribution is 9.10. The highest BCUT2D eigenvalue weighted by atomic mass is 79.9. The number of methoxy groups -OCH3 is 1. The van der Waals surface area contributed by atoms with Crippen LogP contribution in [0.5, 0.6) is 5.75 Å². The van der Waals surface area contributed by atoms with Crippen molar-refractivity contribution in [2.45, 2.75) is 39.8 Å². The Bertz CT molecular complexity index is 1110. The molecule has 0 aromatic heterocycles. The highest BCUT2D eigenvalue weighted by Crippen LogP contribution is 2.22. The molecule has 0 aliphatic heterocycles. The fraction of sp³-hybridized carbons (Fsp3) is 0.440. The number of benzene rings is 2. The SMILES string of the molecule is CCC(C(=O)NCC(C)C)N(Cc1cccc(OC)c1)C(=O)CN(c1ccc(Br)cc1)S(C)(=O)=O. The predicted molar refractivity (Wildman–Crippen MR) is 142 cm³/mol. The van der Waals surface area contributed by atoms with E-state index in [4.69, 9.17) is 4.74 Å². The molecule has 0 heterocycles. The van der Waals surface area contributed by atoms with E-state index in [2.05, 4.69) is 21.2 Å². The topological polar surface area (TPSA) is 96.0 Å². The molecule has 35 heavy (non-hydrogen) atoms. The minimum absolute atomic E-state index is 0.127. The monoisotopic (exact) mass is 567 g/mol. The Morgan fingerprint density at radius 3 is 2.31 bits per heavy atom. The van der Waals surface area contributed by atoms with E-state index < -0.39 is 28.5 Å². The second-order valence-corrected chi connectivity index (χ2v) is 11.5.